The molecule has 1 aromatic carbocycles. The van der Waals surface area contributed by atoms with Crippen molar-refractivity contribution in [2.45, 2.75) is 13.5 Å². The number of nitrogens with two attached hydrogens (primary N) is 1. The highest BCUT2D eigenvalue weighted by atomic mass is 16.1. The Hall–Kier alpha value is -3.14. The maximum absolute atomic E-state index is 11.8. The van der Waals surface area contributed by atoms with E-state index in [1.807, 2.05) is 16.7 Å². The number of aromatic nitrogens is 4. The lowest BCUT2D eigenvalue weighted by molar-refractivity contribution is 0.777. The van der Waals surface area contributed by atoms with Crippen LogP contribution in [-0.2, 0) is 6.54 Å². The molecule has 0 saturated carbocycles. The molecule has 21 heavy (non-hydrogen) atoms. The predicted octanol–water partition coefficient (Wildman–Crippen LogP) is 0.930. The fourth-order valence-electron chi connectivity index (χ4n) is 2.19. The minimum Gasteiger partial charge on any atom is -0.369 e. The average molecular weight is 280 g/mol. The number of hydrogen-bond acceptors (Lipinski definition) is 5. The Morgan fingerprint density at radius 3 is 2.71 bits per heavy atom. The smallest absolute Gasteiger partial charge is 0.280 e. The lowest BCUT2D eigenvalue weighted by Crippen LogP contribution is -2.12. The minimum absolute atomic E-state index is 0.0634. The van der Waals surface area contributed by atoms with Crippen molar-refractivity contribution in [1.29, 1.82) is 5.26 Å². The topological polar surface area (TPSA) is 113 Å². The summed E-state index contributed by atoms with van der Waals surface area (Å²) >= 11 is 0. The van der Waals surface area contributed by atoms with E-state index in [-0.39, 0.29) is 17.0 Å². The molecule has 3 aromatic rings. The number of nitrogen functional groups attached to an aromatic ring is 1. The molecule has 2 heterocycles. The van der Waals surface area contributed by atoms with Crippen LogP contribution >= 0.6 is 0 Å². The van der Waals surface area contributed by atoms with Crippen molar-refractivity contribution in [2.75, 3.05) is 5.73 Å². The molecule has 104 valence electrons. The first-order valence-electron chi connectivity index (χ1n) is 6.30. The molecule has 0 aliphatic heterocycles. The Kier molecular flexibility index (Phi) is 2.92. The van der Waals surface area contributed by atoms with Crippen LogP contribution in [0.2, 0.25) is 0 Å². The number of nitrogens with zero attached hydrogens (tertiary/aromatic N) is 4. The monoisotopic (exact) mass is 280 g/mol. The van der Waals surface area contributed by atoms with Crippen LogP contribution in [0.15, 0.2) is 29.1 Å². The van der Waals surface area contributed by atoms with Gasteiger partial charge in [0.15, 0.2) is 11.2 Å². The first-order valence-corrected chi connectivity index (χ1v) is 6.30. The van der Waals surface area contributed by atoms with Crippen LogP contribution in [0.3, 0.4) is 0 Å². The third kappa shape index (κ3) is 2.23. The molecule has 0 aliphatic carbocycles. The fourth-order valence-corrected chi connectivity index (χ4v) is 2.19. The summed E-state index contributed by atoms with van der Waals surface area (Å²) in [6.07, 6.45) is 0. The zero-order valence-corrected chi connectivity index (χ0v) is 11.3. The molecule has 2 aromatic heterocycles. The van der Waals surface area contributed by atoms with Crippen molar-refractivity contribution >= 4 is 17.1 Å². The van der Waals surface area contributed by atoms with Crippen LogP contribution < -0.4 is 11.3 Å². The lowest BCUT2D eigenvalue weighted by atomic mass is 10.1. The average Bonchev–Trinajstić information content (AvgIpc) is 2.77. The largest absolute Gasteiger partial charge is 0.369 e. The number of benzene rings is 1. The molecule has 0 atom stereocenters. The summed E-state index contributed by atoms with van der Waals surface area (Å²) in [5, 5.41) is 8.80. The van der Waals surface area contributed by atoms with Gasteiger partial charge in [0.2, 0.25) is 5.95 Å². The molecule has 0 spiro atoms. The van der Waals surface area contributed by atoms with E-state index in [9.17, 15) is 4.79 Å². The predicted molar refractivity (Wildman–Crippen MR) is 77.6 cm³/mol. The zero-order valence-electron chi connectivity index (χ0n) is 11.3. The number of anilines is 1. The molecule has 0 bridgehead atoms. The van der Waals surface area contributed by atoms with Crippen LogP contribution in [0.1, 0.15) is 17.0 Å². The van der Waals surface area contributed by atoms with Crippen molar-refractivity contribution in [3.05, 3.63) is 51.6 Å². The highest BCUT2D eigenvalue weighted by molar-refractivity contribution is 5.71. The molecule has 3 rings (SSSR count). The minimum atomic E-state index is -0.348. The van der Waals surface area contributed by atoms with E-state index in [4.69, 9.17) is 11.0 Å². The van der Waals surface area contributed by atoms with Crippen LogP contribution in [0.4, 0.5) is 5.95 Å². The maximum Gasteiger partial charge on any atom is 0.280 e. The Morgan fingerprint density at radius 1 is 1.33 bits per heavy atom. The first-order chi connectivity index (χ1) is 10.1. The van der Waals surface area contributed by atoms with Crippen molar-refractivity contribution < 1.29 is 0 Å². The normalized spacial score (nSPS) is 10.7. The number of fused-ring (bicyclic) bond motifs is 1. The van der Waals surface area contributed by atoms with Crippen molar-refractivity contribution in [1.82, 2.24) is 19.5 Å². The van der Waals surface area contributed by atoms with Crippen LogP contribution in [-0.4, -0.2) is 19.5 Å². The summed E-state index contributed by atoms with van der Waals surface area (Å²) in [7, 11) is 0. The third-order valence-corrected chi connectivity index (χ3v) is 3.24. The second-order valence-electron chi connectivity index (χ2n) is 4.68. The molecule has 0 fully saturated rings. The van der Waals surface area contributed by atoms with Crippen LogP contribution in [0, 0.1) is 18.3 Å². The van der Waals surface area contributed by atoms with Gasteiger partial charge in [0.25, 0.3) is 5.56 Å². The molecular weight excluding hydrogens is 268 g/mol. The quantitative estimate of drug-likeness (QED) is 0.725. The molecule has 7 nitrogen and oxygen atoms in total. The van der Waals surface area contributed by atoms with E-state index in [2.05, 4.69) is 21.0 Å². The van der Waals surface area contributed by atoms with Crippen LogP contribution in [0.25, 0.3) is 11.2 Å². The van der Waals surface area contributed by atoms with Gasteiger partial charge in [-0.2, -0.15) is 10.2 Å². The van der Waals surface area contributed by atoms with E-state index in [0.29, 0.717) is 23.6 Å². The van der Waals surface area contributed by atoms with Gasteiger partial charge in [0, 0.05) is 0 Å². The number of nitrogens with one attached hydrogen (secondary N) is 1. The first kappa shape index (κ1) is 12.9. The van der Waals surface area contributed by atoms with Gasteiger partial charge >= 0.3 is 0 Å². The Bertz CT molecular complexity index is 914. The molecule has 0 unspecified atom stereocenters. The van der Waals surface area contributed by atoms with Gasteiger partial charge in [-0.05, 0) is 24.6 Å². The summed E-state index contributed by atoms with van der Waals surface area (Å²) in [5.41, 5.74) is 7.56. The molecule has 3 N–H and O–H groups in total. The fraction of sp³-hybridized carbons (Fsp3) is 0.143. The molecule has 0 saturated heterocycles. The molecule has 0 aliphatic rings. The van der Waals surface area contributed by atoms with Gasteiger partial charge in [0.1, 0.15) is 5.82 Å². The SMILES string of the molecule is Cc1nc2c(=O)[nH]c(N)nc2n1Cc1ccc(C#N)cc1. The molecule has 0 radical (unpaired) electrons. The second-order valence-corrected chi connectivity index (χ2v) is 4.68. The lowest BCUT2D eigenvalue weighted by Gasteiger charge is -2.06. The summed E-state index contributed by atoms with van der Waals surface area (Å²) < 4.78 is 1.82. The number of aryl methyl sites for hydroxylation is 1. The summed E-state index contributed by atoms with van der Waals surface area (Å²) in [5.74, 6) is 0.742. The number of nitriles is 1. The Balaban J connectivity index is 2.09. The second kappa shape index (κ2) is 4.76. The van der Waals surface area contributed by atoms with Crippen molar-refractivity contribution in [3.8, 4) is 6.07 Å². The number of H-pyrrole nitrogens is 1. The van der Waals surface area contributed by atoms with Crippen molar-refractivity contribution in [3.63, 3.8) is 0 Å². The van der Waals surface area contributed by atoms with Gasteiger partial charge in [-0.3, -0.25) is 9.78 Å². The van der Waals surface area contributed by atoms with Crippen molar-refractivity contribution in [2.24, 2.45) is 0 Å². The number of rotatable bonds is 2. The third-order valence-electron chi connectivity index (χ3n) is 3.24. The molecular formula is C14H12N6O. The van der Waals surface area contributed by atoms with E-state index < -0.39 is 0 Å². The molecule has 7 heteroatoms. The van der Waals surface area contributed by atoms with E-state index in [0.717, 1.165) is 5.56 Å². The van der Waals surface area contributed by atoms with Gasteiger partial charge in [0.05, 0.1) is 18.2 Å². The molecule has 0 amide bonds. The van der Waals surface area contributed by atoms with Gasteiger partial charge in [-0.15, -0.1) is 0 Å². The standard InChI is InChI=1S/C14H12N6O/c1-8-17-11-12(18-14(16)19-13(11)21)20(8)7-10-4-2-9(6-15)3-5-10/h2-5H,7H2,1H3,(H3,16,18,19,21). The zero-order chi connectivity index (χ0) is 15.0. The summed E-state index contributed by atoms with van der Waals surface area (Å²) in [4.78, 5) is 22.6. The number of imidazole rings is 1. The van der Waals surface area contributed by atoms with E-state index in [1.54, 1.807) is 19.1 Å². The Labute approximate surface area is 119 Å². The Morgan fingerprint density at radius 2 is 2.05 bits per heavy atom. The van der Waals surface area contributed by atoms with Crippen LogP contribution in [0.5, 0.6) is 0 Å². The van der Waals surface area contributed by atoms with E-state index >= 15 is 0 Å². The highest BCUT2D eigenvalue weighted by Crippen LogP contribution is 2.14. The van der Waals surface area contributed by atoms with Gasteiger partial charge in [-0.1, -0.05) is 12.1 Å². The summed E-state index contributed by atoms with van der Waals surface area (Å²) in [6, 6.07) is 9.30. The van der Waals surface area contributed by atoms with Gasteiger partial charge < -0.3 is 10.3 Å². The maximum atomic E-state index is 11.8. The number of aromatic amines is 1. The number of hydrogen-bond donors (Lipinski definition) is 2. The van der Waals surface area contributed by atoms with E-state index in [1.165, 1.54) is 0 Å². The van der Waals surface area contributed by atoms with Gasteiger partial charge in [-0.25, -0.2) is 4.98 Å². The summed E-state index contributed by atoms with van der Waals surface area (Å²) in [6.45, 7) is 2.31. The highest BCUT2D eigenvalue weighted by Gasteiger charge is 2.13.